The average molecular weight is 430 g/mol. The van der Waals surface area contributed by atoms with Gasteiger partial charge < -0.3 is 14.5 Å². The third-order valence-corrected chi connectivity index (χ3v) is 6.97. The Morgan fingerprint density at radius 2 is 2.03 bits per heavy atom. The van der Waals surface area contributed by atoms with Crippen molar-refractivity contribution in [2.24, 2.45) is 5.14 Å². The lowest BCUT2D eigenvalue weighted by molar-refractivity contribution is -0.117. The topological polar surface area (TPSA) is 92.9 Å². The van der Waals surface area contributed by atoms with Crippen LogP contribution in [-0.4, -0.2) is 40.6 Å². The monoisotopic (exact) mass is 429 g/mol. The number of aryl methyl sites for hydroxylation is 1. The average Bonchev–Trinajstić information content (AvgIpc) is 3.03. The van der Waals surface area contributed by atoms with Crippen LogP contribution in [0.5, 0.6) is 5.75 Å². The second-order valence-electron chi connectivity index (χ2n) is 8.09. The van der Waals surface area contributed by atoms with Crippen LogP contribution in [0.2, 0.25) is 0 Å². The highest BCUT2D eigenvalue weighted by molar-refractivity contribution is 7.89. The van der Waals surface area contributed by atoms with Gasteiger partial charge in [-0.05, 0) is 74.1 Å². The highest BCUT2D eigenvalue weighted by atomic mass is 32.2. The summed E-state index contributed by atoms with van der Waals surface area (Å²) in [6, 6.07) is 8.70. The number of carbonyl (C=O) groups excluding carboxylic acids is 1. The van der Waals surface area contributed by atoms with E-state index in [1.54, 1.807) is 24.1 Å². The van der Waals surface area contributed by atoms with Crippen LogP contribution in [0.3, 0.4) is 0 Å². The van der Waals surface area contributed by atoms with Gasteiger partial charge in [-0.1, -0.05) is 6.07 Å². The molecule has 0 saturated heterocycles. The fourth-order valence-electron chi connectivity index (χ4n) is 4.66. The Bertz CT molecular complexity index is 1110. The lowest BCUT2D eigenvalue weighted by Crippen LogP contribution is -2.44. The van der Waals surface area contributed by atoms with Gasteiger partial charge >= 0.3 is 0 Å². The van der Waals surface area contributed by atoms with Crippen molar-refractivity contribution in [1.82, 2.24) is 0 Å². The number of hydrogen-bond donors (Lipinski definition) is 1. The molecule has 2 N–H and O–H groups in total. The molecule has 0 fully saturated rings. The van der Waals surface area contributed by atoms with Crippen LogP contribution < -0.4 is 19.7 Å². The van der Waals surface area contributed by atoms with Gasteiger partial charge in [0.1, 0.15) is 5.75 Å². The first-order valence-electron chi connectivity index (χ1n) is 10.1. The number of carbonyl (C=O) groups is 1. The van der Waals surface area contributed by atoms with Crippen molar-refractivity contribution in [3.8, 4) is 5.75 Å². The molecule has 2 aliphatic heterocycles. The number of nitrogens with zero attached hydrogens (tertiary/aromatic N) is 2. The number of benzene rings is 2. The van der Waals surface area contributed by atoms with Gasteiger partial charge in [0.15, 0.2) is 0 Å². The minimum absolute atomic E-state index is 0.0129. The van der Waals surface area contributed by atoms with Crippen LogP contribution >= 0.6 is 0 Å². The van der Waals surface area contributed by atoms with Crippen molar-refractivity contribution in [1.29, 1.82) is 0 Å². The Balaban J connectivity index is 1.64. The molecule has 2 heterocycles. The number of ether oxygens (including phenoxy) is 1. The van der Waals surface area contributed by atoms with E-state index in [9.17, 15) is 13.2 Å². The predicted molar refractivity (Wildman–Crippen MR) is 117 cm³/mol. The zero-order valence-corrected chi connectivity index (χ0v) is 18.3. The van der Waals surface area contributed by atoms with Crippen molar-refractivity contribution in [3.63, 3.8) is 0 Å². The lowest BCUT2D eigenvalue weighted by Gasteiger charge is -2.35. The lowest BCUT2D eigenvalue weighted by atomic mass is 9.96. The van der Waals surface area contributed by atoms with E-state index in [1.807, 2.05) is 13.0 Å². The van der Waals surface area contributed by atoms with E-state index < -0.39 is 10.0 Å². The number of hydrogen-bond acceptors (Lipinski definition) is 5. The minimum atomic E-state index is -3.77. The summed E-state index contributed by atoms with van der Waals surface area (Å²) in [5.74, 6) is 0.775. The fraction of sp³-hybridized carbons (Fsp3) is 0.409. The Hall–Kier alpha value is -2.58. The minimum Gasteiger partial charge on any atom is -0.495 e. The summed E-state index contributed by atoms with van der Waals surface area (Å²) in [5, 5.41) is 5.26. The number of amides is 1. The van der Waals surface area contributed by atoms with Crippen molar-refractivity contribution in [2.75, 3.05) is 30.0 Å². The van der Waals surface area contributed by atoms with Gasteiger partial charge in [-0.25, -0.2) is 13.6 Å². The van der Waals surface area contributed by atoms with Gasteiger partial charge in [0.25, 0.3) is 0 Å². The highest BCUT2D eigenvalue weighted by Gasteiger charge is 2.34. The van der Waals surface area contributed by atoms with Crippen LogP contribution in [-0.2, 0) is 27.7 Å². The molecule has 2 aliphatic rings. The molecule has 4 rings (SSSR count). The second-order valence-corrected chi connectivity index (χ2v) is 9.65. The Kier molecular flexibility index (Phi) is 5.23. The van der Waals surface area contributed by atoms with E-state index in [4.69, 9.17) is 9.88 Å². The summed E-state index contributed by atoms with van der Waals surface area (Å²) in [6.07, 6.45) is 2.56. The van der Waals surface area contributed by atoms with Gasteiger partial charge in [-0.3, -0.25) is 4.79 Å². The quantitative estimate of drug-likeness (QED) is 0.806. The molecule has 2 aromatic carbocycles. The zero-order valence-electron chi connectivity index (χ0n) is 17.5. The number of methoxy groups -OCH3 is 1. The first-order chi connectivity index (χ1) is 14.2. The number of anilines is 2. The third-order valence-electron chi connectivity index (χ3n) is 6.06. The molecule has 8 heteroatoms. The maximum Gasteiger partial charge on any atom is 0.246 e. The summed E-state index contributed by atoms with van der Waals surface area (Å²) in [6.45, 7) is 5.10. The number of rotatable bonds is 4. The van der Waals surface area contributed by atoms with Gasteiger partial charge in [0, 0.05) is 18.3 Å². The molecule has 0 bridgehead atoms. The largest absolute Gasteiger partial charge is 0.495 e. The normalized spacial score (nSPS) is 18.2. The SMILES string of the molecule is COc1ccc(C)c2c1N(CC(=O)N1c3ccc(S(N)(=O)=O)cc3CC1C)CCC2. The predicted octanol–water partition coefficient (Wildman–Crippen LogP) is 2.38. The summed E-state index contributed by atoms with van der Waals surface area (Å²) in [4.78, 5) is 17.3. The van der Waals surface area contributed by atoms with Crippen LogP contribution in [0.15, 0.2) is 35.2 Å². The molecule has 1 amide bonds. The van der Waals surface area contributed by atoms with Gasteiger partial charge in [-0.15, -0.1) is 0 Å². The maximum absolute atomic E-state index is 13.4. The van der Waals surface area contributed by atoms with Crippen molar-refractivity contribution < 1.29 is 17.9 Å². The Labute approximate surface area is 177 Å². The van der Waals surface area contributed by atoms with Gasteiger partial charge in [0.05, 0.1) is 24.2 Å². The summed E-state index contributed by atoms with van der Waals surface area (Å²) in [5.41, 5.74) is 5.04. The molecule has 30 heavy (non-hydrogen) atoms. The van der Waals surface area contributed by atoms with Crippen LogP contribution in [0.4, 0.5) is 11.4 Å². The van der Waals surface area contributed by atoms with Crippen LogP contribution in [0.25, 0.3) is 0 Å². The molecular weight excluding hydrogens is 402 g/mol. The summed E-state index contributed by atoms with van der Waals surface area (Å²) < 4.78 is 28.9. The number of nitrogens with two attached hydrogens (primary N) is 1. The third kappa shape index (κ3) is 3.54. The molecule has 0 aliphatic carbocycles. The standard InChI is InChI=1S/C22H27N3O4S/c1-14-6-9-20(29-3)22-18(14)5-4-10-24(22)13-21(26)25-15(2)11-16-12-17(30(23,27)28)7-8-19(16)25/h6-9,12,15H,4-5,10-11,13H2,1-3H3,(H2,23,27,28). The summed E-state index contributed by atoms with van der Waals surface area (Å²) in [7, 11) is -2.12. The molecule has 160 valence electrons. The van der Waals surface area contributed by atoms with E-state index in [1.165, 1.54) is 17.2 Å². The molecule has 0 aromatic heterocycles. The smallest absolute Gasteiger partial charge is 0.246 e. The van der Waals surface area contributed by atoms with Gasteiger partial charge in [-0.2, -0.15) is 0 Å². The van der Waals surface area contributed by atoms with Crippen molar-refractivity contribution >= 4 is 27.3 Å². The molecule has 7 nitrogen and oxygen atoms in total. The van der Waals surface area contributed by atoms with E-state index in [2.05, 4.69) is 17.9 Å². The number of primary sulfonamides is 1. The Morgan fingerprint density at radius 3 is 2.73 bits per heavy atom. The summed E-state index contributed by atoms with van der Waals surface area (Å²) >= 11 is 0. The molecule has 1 atom stereocenters. The van der Waals surface area contributed by atoms with Crippen molar-refractivity contribution in [3.05, 3.63) is 47.0 Å². The number of sulfonamides is 1. The maximum atomic E-state index is 13.4. The van der Waals surface area contributed by atoms with Crippen LogP contribution in [0.1, 0.15) is 30.0 Å². The van der Waals surface area contributed by atoms with E-state index >= 15 is 0 Å². The van der Waals surface area contributed by atoms with Crippen molar-refractivity contribution in [2.45, 2.75) is 44.0 Å². The Morgan fingerprint density at radius 1 is 1.27 bits per heavy atom. The zero-order chi connectivity index (χ0) is 21.6. The first kappa shape index (κ1) is 20.7. The van der Waals surface area contributed by atoms with Gasteiger partial charge in [0.2, 0.25) is 15.9 Å². The number of fused-ring (bicyclic) bond motifs is 2. The van der Waals surface area contributed by atoms with Crippen LogP contribution in [0, 0.1) is 6.92 Å². The van der Waals surface area contributed by atoms with E-state index in [-0.39, 0.29) is 23.4 Å². The van der Waals surface area contributed by atoms with E-state index in [0.29, 0.717) is 6.42 Å². The highest BCUT2D eigenvalue weighted by Crippen LogP contribution is 2.39. The molecule has 2 aromatic rings. The fourth-order valence-corrected chi connectivity index (χ4v) is 5.23. The molecular formula is C22H27N3O4S. The second kappa shape index (κ2) is 7.59. The molecule has 1 unspecified atom stereocenters. The molecule has 0 radical (unpaired) electrons. The first-order valence-corrected chi connectivity index (χ1v) is 11.6. The van der Waals surface area contributed by atoms with E-state index in [0.717, 1.165) is 42.1 Å². The molecule has 0 spiro atoms. The molecule has 0 saturated carbocycles.